The summed E-state index contributed by atoms with van der Waals surface area (Å²) in [6, 6.07) is 10.3. The van der Waals surface area contributed by atoms with Crippen LogP contribution in [0.3, 0.4) is 0 Å². The highest BCUT2D eigenvalue weighted by atomic mass is 32.1. The molecule has 1 aromatic carbocycles. The van der Waals surface area contributed by atoms with E-state index in [4.69, 9.17) is 26.1 Å². The number of benzene rings is 1. The summed E-state index contributed by atoms with van der Waals surface area (Å²) in [7, 11) is 0. The molecule has 3 heterocycles. The molecule has 3 N–H and O–H groups in total. The first-order chi connectivity index (χ1) is 18.0. The zero-order valence-corrected chi connectivity index (χ0v) is 21.7. The molecular formula is C26H31N5O5S. The van der Waals surface area contributed by atoms with Gasteiger partial charge in [-0.2, -0.15) is 5.10 Å². The van der Waals surface area contributed by atoms with Gasteiger partial charge in [0.15, 0.2) is 17.6 Å². The number of piperidine rings is 1. The lowest BCUT2D eigenvalue weighted by Crippen LogP contribution is -2.45. The minimum Gasteiger partial charge on any atom is -0.483 e. The molecule has 0 saturated carbocycles. The molecule has 0 unspecified atom stereocenters. The van der Waals surface area contributed by atoms with Crippen LogP contribution in [0, 0.1) is 0 Å². The van der Waals surface area contributed by atoms with Crippen molar-refractivity contribution in [2.45, 2.75) is 39.2 Å². The summed E-state index contributed by atoms with van der Waals surface area (Å²) in [4.78, 5) is 27.3. The van der Waals surface area contributed by atoms with E-state index in [9.17, 15) is 9.59 Å². The van der Waals surface area contributed by atoms with E-state index >= 15 is 0 Å². The van der Waals surface area contributed by atoms with Crippen molar-refractivity contribution >= 4 is 41.3 Å². The predicted molar refractivity (Wildman–Crippen MR) is 143 cm³/mol. The number of nitrogens with zero attached hydrogens (tertiary/aromatic N) is 2. The van der Waals surface area contributed by atoms with E-state index in [1.165, 1.54) is 12.6 Å². The number of amides is 1. The van der Waals surface area contributed by atoms with Crippen LogP contribution in [0.25, 0.3) is 0 Å². The summed E-state index contributed by atoms with van der Waals surface area (Å²) in [6.07, 6.45) is 5.01. The second-order valence-electron chi connectivity index (χ2n) is 8.63. The highest BCUT2D eigenvalue weighted by molar-refractivity contribution is 7.80. The van der Waals surface area contributed by atoms with Gasteiger partial charge in [0.25, 0.3) is 5.91 Å². The van der Waals surface area contributed by atoms with Crippen molar-refractivity contribution < 1.29 is 23.5 Å². The average molecular weight is 526 g/mol. The van der Waals surface area contributed by atoms with Gasteiger partial charge < -0.3 is 29.4 Å². The van der Waals surface area contributed by atoms with Gasteiger partial charge in [0.05, 0.1) is 24.4 Å². The Balaban J connectivity index is 1.38. The Morgan fingerprint density at radius 1 is 1.22 bits per heavy atom. The normalized spacial score (nSPS) is 17.8. The Hall–Kier alpha value is -3.86. The average Bonchev–Trinajstić information content (AvgIpc) is 3.37. The van der Waals surface area contributed by atoms with Crippen LogP contribution in [0.5, 0.6) is 5.75 Å². The largest absolute Gasteiger partial charge is 0.483 e. The summed E-state index contributed by atoms with van der Waals surface area (Å²) in [5.41, 5.74) is 4.08. The van der Waals surface area contributed by atoms with E-state index in [1.54, 1.807) is 32.0 Å². The molecule has 11 heteroatoms. The zero-order chi connectivity index (χ0) is 26.2. The summed E-state index contributed by atoms with van der Waals surface area (Å²) in [6.45, 7) is 5.43. The summed E-state index contributed by atoms with van der Waals surface area (Å²) < 4.78 is 16.9. The van der Waals surface area contributed by atoms with Gasteiger partial charge in [0, 0.05) is 30.4 Å². The number of esters is 1. The van der Waals surface area contributed by atoms with E-state index in [0.29, 0.717) is 33.5 Å². The number of hydrogen-bond donors (Lipinski definition) is 3. The molecule has 2 aromatic rings. The summed E-state index contributed by atoms with van der Waals surface area (Å²) in [5.74, 6) is 0.880. The van der Waals surface area contributed by atoms with Crippen molar-refractivity contribution in [3.05, 3.63) is 59.0 Å². The van der Waals surface area contributed by atoms with E-state index in [-0.39, 0.29) is 13.2 Å². The number of ether oxygens (including phenoxy) is 2. The Morgan fingerprint density at radius 3 is 2.78 bits per heavy atom. The molecule has 37 heavy (non-hydrogen) atoms. The number of nitrogens with one attached hydrogen (secondary N) is 3. The number of carbonyl (C=O) groups excluding carboxylic acids is 2. The lowest BCUT2D eigenvalue weighted by Gasteiger charge is -2.30. The first kappa shape index (κ1) is 26.2. The molecule has 0 aliphatic carbocycles. The molecule has 1 aromatic heterocycles. The fourth-order valence-corrected chi connectivity index (χ4v) is 4.57. The number of para-hydroxylation sites is 1. The number of allylic oxidation sites excluding steroid dienone is 1. The fourth-order valence-electron chi connectivity index (χ4n) is 4.30. The SMILES string of the molecule is CCOC(=O)C1=C(C)NC(=S)N[C@@H]1c1ccccc1OCC(=O)NN=Cc1ccc(N2CCCCC2)o1. The van der Waals surface area contributed by atoms with Crippen LogP contribution in [-0.4, -0.2) is 49.5 Å². The zero-order valence-electron chi connectivity index (χ0n) is 20.9. The second kappa shape index (κ2) is 12.4. The van der Waals surface area contributed by atoms with Gasteiger partial charge in [-0.3, -0.25) is 4.79 Å². The van der Waals surface area contributed by atoms with Gasteiger partial charge in [-0.15, -0.1) is 0 Å². The quantitative estimate of drug-likeness (QED) is 0.196. The number of thiocarbonyl (C=S) groups is 1. The lowest BCUT2D eigenvalue weighted by molar-refractivity contribution is -0.139. The molecule has 1 atom stereocenters. The van der Waals surface area contributed by atoms with Crippen LogP contribution in [0.1, 0.15) is 50.5 Å². The van der Waals surface area contributed by atoms with Crippen molar-refractivity contribution in [1.82, 2.24) is 16.1 Å². The van der Waals surface area contributed by atoms with Crippen LogP contribution >= 0.6 is 12.2 Å². The minimum absolute atomic E-state index is 0.239. The van der Waals surface area contributed by atoms with Crippen LogP contribution in [0.15, 0.2) is 57.2 Å². The van der Waals surface area contributed by atoms with Crippen LogP contribution < -0.4 is 25.7 Å². The number of carbonyl (C=O) groups is 2. The monoisotopic (exact) mass is 525 g/mol. The molecule has 0 bridgehead atoms. The predicted octanol–water partition coefficient (Wildman–Crippen LogP) is 3.15. The summed E-state index contributed by atoms with van der Waals surface area (Å²) >= 11 is 5.30. The van der Waals surface area contributed by atoms with Crippen molar-refractivity contribution in [2.24, 2.45) is 5.10 Å². The van der Waals surface area contributed by atoms with Crippen molar-refractivity contribution in [2.75, 3.05) is 31.2 Å². The summed E-state index contributed by atoms with van der Waals surface area (Å²) in [5, 5.41) is 10.4. The minimum atomic E-state index is -0.599. The maximum absolute atomic E-state index is 12.7. The third-order valence-electron chi connectivity index (χ3n) is 6.01. The van der Waals surface area contributed by atoms with Gasteiger partial charge in [-0.1, -0.05) is 18.2 Å². The third-order valence-corrected chi connectivity index (χ3v) is 6.23. The smallest absolute Gasteiger partial charge is 0.338 e. The number of anilines is 1. The first-order valence-corrected chi connectivity index (χ1v) is 12.7. The van der Waals surface area contributed by atoms with Crippen molar-refractivity contribution in [3.63, 3.8) is 0 Å². The van der Waals surface area contributed by atoms with Crippen LogP contribution in [0.2, 0.25) is 0 Å². The molecule has 0 radical (unpaired) electrons. The van der Waals surface area contributed by atoms with Gasteiger partial charge in [0.2, 0.25) is 0 Å². The van der Waals surface area contributed by atoms with Crippen LogP contribution in [0.4, 0.5) is 5.88 Å². The molecule has 4 rings (SSSR count). The Bertz CT molecular complexity index is 1200. The second-order valence-corrected chi connectivity index (χ2v) is 9.04. The van der Waals surface area contributed by atoms with Crippen molar-refractivity contribution in [3.8, 4) is 5.75 Å². The topological polar surface area (TPSA) is 117 Å². The highest BCUT2D eigenvalue weighted by Crippen LogP contribution is 2.33. The van der Waals surface area contributed by atoms with Gasteiger partial charge in [-0.25, -0.2) is 10.2 Å². The molecule has 2 aliphatic rings. The number of rotatable bonds is 9. The Labute approximate surface area is 221 Å². The molecule has 0 spiro atoms. The fraction of sp³-hybridized carbons (Fsp3) is 0.385. The molecule has 10 nitrogen and oxygen atoms in total. The molecule has 2 aliphatic heterocycles. The molecular weight excluding hydrogens is 494 g/mol. The van der Waals surface area contributed by atoms with Gasteiger partial charge in [-0.05, 0) is 57.5 Å². The molecule has 1 amide bonds. The standard InChI is InChI=1S/C26H31N5O5S/c1-3-34-25(33)23-17(2)28-26(37)29-24(23)19-9-5-6-10-20(19)35-16-21(32)30-27-15-18-11-12-22(36-18)31-13-7-4-8-14-31/h5-6,9-12,15,24H,3-4,7-8,13-14,16H2,1-2H3,(H,30,32)(H2,28,29,37)/t24-/m1/s1. The number of furan rings is 1. The Kier molecular flexibility index (Phi) is 8.78. The number of hydrogen-bond acceptors (Lipinski definition) is 8. The lowest BCUT2D eigenvalue weighted by atomic mass is 9.95. The molecule has 196 valence electrons. The van der Waals surface area contributed by atoms with Crippen LogP contribution in [-0.2, 0) is 14.3 Å². The molecule has 1 saturated heterocycles. The molecule has 1 fully saturated rings. The van der Waals surface area contributed by atoms with Gasteiger partial charge in [0.1, 0.15) is 11.5 Å². The Morgan fingerprint density at radius 2 is 2.00 bits per heavy atom. The van der Waals surface area contributed by atoms with Crippen molar-refractivity contribution in [1.29, 1.82) is 0 Å². The number of hydrazone groups is 1. The maximum atomic E-state index is 12.7. The maximum Gasteiger partial charge on any atom is 0.338 e. The first-order valence-electron chi connectivity index (χ1n) is 12.3. The third kappa shape index (κ3) is 6.67. The van der Waals surface area contributed by atoms with E-state index in [0.717, 1.165) is 31.8 Å². The van der Waals surface area contributed by atoms with E-state index in [2.05, 4.69) is 26.1 Å². The van der Waals surface area contributed by atoms with E-state index in [1.807, 2.05) is 18.2 Å². The van der Waals surface area contributed by atoms with Gasteiger partial charge >= 0.3 is 5.97 Å². The highest BCUT2D eigenvalue weighted by Gasteiger charge is 2.32. The van der Waals surface area contributed by atoms with E-state index < -0.39 is 17.9 Å².